The minimum Gasteiger partial charge on any atom is -0.487 e. The molecule has 232 valence electrons. The fraction of sp³-hybridized carbons (Fsp3) is 0.189. The van der Waals surface area contributed by atoms with Crippen molar-refractivity contribution in [3.05, 3.63) is 120 Å². The number of carbonyl (C=O) groups is 2. The Bertz CT molecular complexity index is 1870. The highest BCUT2D eigenvalue weighted by atomic mass is 16.6. The topological polar surface area (TPSA) is 109 Å². The number of methoxy groups -OCH3 is 1. The molecule has 9 heteroatoms. The third kappa shape index (κ3) is 7.86. The molecule has 5 rings (SSSR count). The Hall–Kier alpha value is -5.72. The Morgan fingerprint density at radius 2 is 1.57 bits per heavy atom. The number of nitrogens with zero attached hydrogens (tertiary/aromatic N) is 2. The van der Waals surface area contributed by atoms with E-state index < -0.39 is 11.9 Å². The summed E-state index contributed by atoms with van der Waals surface area (Å²) < 4.78 is 22.7. The molecule has 1 heterocycles. The van der Waals surface area contributed by atoms with Crippen molar-refractivity contribution in [1.29, 1.82) is 0 Å². The van der Waals surface area contributed by atoms with Gasteiger partial charge in [0.1, 0.15) is 32.0 Å². The lowest BCUT2D eigenvalue weighted by atomic mass is 9.96. The van der Waals surface area contributed by atoms with Crippen molar-refractivity contribution in [2.24, 2.45) is 0 Å². The van der Waals surface area contributed by atoms with Crippen LogP contribution in [0.3, 0.4) is 0 Å². The van der Waals surface area contributed by atoms with Crippen molar-refractivity contribution in [3.63, 3.8) is 0 Å². The standard InChI is InChI=1S/C37H33N3O6/c1-4-26-10-8-15-30(20-26)40-36-31-22-33(44-17-16-43-3)34(23-32(31)38-24-39-36)45-18-19-46-37(42)25(2)28-13-9-14-29(21-28)35(41)27-11-6-5-7-12-27/h1,5-15,20-25H,16-19H2,2-3H3,(H,38,39,40). The smallest absolute Gasteiger partial charge is 0.313 e. The second-order valence-electron chi connectivity index (χ2n) is 10.3. The fourth-order valence-electron chi connectivity index (χ4n) is 4.71. The van der Waals surface area contributed by atoms with Crippen molar-refractivity contribution in [2.75, 3.05) is 38.9 Å². The molecule has 1 aromatic heterocycles. The summed E-state index contributed by atoms with van der Waals surface area (Å²) in [6.07, 6.45) is 7.01. The van der Waals surface area contributed by atoms with Gasteiger partial charge in [0.15, 0.2) is 17.3 Å². The highest BCUT2D eigenvalue weighted by Gasteiger charge is 2.19. The van der Waals surface area contributed by atoms with Crippen molar-refractivity contribution < 1.29 is 28.5 Å². The van der Waals surface area contributed by atoms with E-state index in [-0.39, 0.29) is 25.6 Å². The second kappa shape index (κ2) is 15.3. The molecule has 1 N–H and O–H groups in total. The van der Waals surface area contributed by atoms with Gasteiger partial charge in [0.2, 0.25) is 0 Å². The minimum atomic E-state index is -0.582. The summed E-state index contributed by atoms with van der Waals surface area (Å²) in [7, 11) is 1.59. The largest absolute Gasteiger partial charge is 0.487 e. The van der Waals surface area contributed by atoms with Crippen LogP contribution in [0.2, 0.25) is 0 Å². The average molecular weight is 616 g/mol. The molecule has 0 aliphatic heterocycles. The highest BCUT2D eigenvalue weighted by Crippen LogP contribution is 2.35. The molecule has 46 heavy (non-hydrogen) atoms. The number of esters is 1. The van der Waals surface area contributed by atoms with E-state index in [0.717, 1.165) is 11.3 Å². The quantitative estimate of drug-likeness (QED) is 0.0663. The van der Waals surface area contributed by atoms with E-state index in [1.807, 2.05) is 42.5 Å². The lowest BCUT2D eigenvalue weighted by Crippen LogP contribution is -2.18. The highest BCUT2D eigenvalue weighted by molar-refractivity contribution is 6.09. The normalized spacial score (nSPS) is 11.3. The zero-order valence-electron chi connectivity index (χ0n) is 25.6. The first kappa shape index (κ1) is 31.7. The van der Waals surface area contributed by atoms with Crippen LogP contribution in [0, 0.1) is 12.3 Å². The van der Waals surface area contributed by atoms with Gasteiger partial charge in [0.25, 0.3) is 0 Å². The van der Waals surface area contributed by atoms with Gasteiger partial charge in [-0.1, -0.05) is 60.5 Å². The molecule has 1 atom stereocenters. The Labute approximate surface area is 267 Å². The van der Waals surface area contributed by atoms with E-state index in [1.165, 1.54) is 6.33 Å². The first-order valence-electron chi connectivity index (χ1n) is 14.7. The monoisotopic (exact) mass is 615 g/mol. The average Bonchev–Trinajstić information content (AvgIpc) is 3.10. The van der Waals surface area contributed by atoms with Gasteiger partial charge in [0, 0.05) is 40.9 Å². The van der Waals surface area contributed by atoms with Gasteiger partial charge in [-0.25, -0.2) is 9.97 Å². The molecule has 0 saturated heterocycles. The lowest BCUT2D eigenvalue weighted by molar-refractivity contribution is -0.145. The van der Waals surface area contributed by atoms with E-state index >= 15 is 0 Å². The molecular weight excluding hydrogens is 582 g/mol. The van der Waals surface area contributed by atoms with Crippen LogP contribution in [-0.4, -0.2) is 55.3 Å². The molecule has 9 nitrogen and oxygen atoms in total. The predicted molar refractivity (Wildman–Crippen MR) is 176 cm³/mol. The molecule has 5 aromatic rings. The maximum atomic E-state index is 12.9. The van der Waals surface area contributed by atoms with Gasteiger partial charge < -0.3 is 24.3 Å². The van der Waals surface area contributed by atoms with Crippen LogP contribution in [0.25, 0.3) is 10.9 Å². The van der Waals surface area contributed by atoms with Crippen LogP contribution >= 0.6 is 0 Å². The summed E-state index contributed by atoms with van der Waals surface area (Å²) in [6, 6.07) is 27.1. The van der Waals surface area contributed by atoms with Gasteiger partial charge in [-0.2, -0.15) is 0 Å². The number of rotatable bonds is 14. The molecule has 0 spiro atoms. The van der Waals surface area contributed by atoms with Gasteiger partial charge >= 0.3 is 5.97 Å². The first-order chi connectivity index (χ1) is 22.5. The number of terminal acetylenes is 1. The number of ether oxygens (including phenoxy) is 4. The SMILES string of the molecule is C#Cc1cccc(Nc2ncnc3cc(OCCOC(=O)C(C)c4cccc(C(=O)c5ccccc5)c4)c(OCCOC)cc23)c1. The molecule has 0 radical (unpaired) electrons. The summed E-state index contributed by atoms with van der Waals surface area (Å²) in [4.78, 5) is 34.6. The molecule has 0 fully saturated rings. The zero-order valence-corrected chi connectivity index (χ0v) is 25.6. The van der Waals surface area contributed by atoms with Crippen molar-refractivity contribution in [2.45, 2.75) is 12.8 Å². The van der Waals surface area contributed by atoms with E-state index in [2.05, 4.69) is 21.2 Å². The number of nitrogens with one attached hydrogen (secondary N) is 1. The number of benzene rings is 4. The molecule has 0 saturated carbocycles. The van der Waals surface area contributed by atoms with Gasteiger partial charge in [-0.15, -0.1) is 6.42 Å². The van der Waals surface area contributed by atoms with Crippen molar-refractivity contribution in [3.8, 4) is 23.8 Å². The van der Waals surface area contributed by atoms with Crippen molar-refractivity contribution >= 4 is 34.2 Å². The first-order valence-corrected chi connectivity index (χ1v) is 14.7. The van der Waals surface area contributed by atoms with E-state index in [4.69, 9.17) is 25.4 Å². The molecule has 4 aromatic carbocycles. The Morgan fingerprint density at radius 3 is 2.35 bits per heavy atom. The number of hydrogen-bond donors (Lipinski definition) is 1. The molecule has 0 aliphatic carbocycles. The third-order valence-corrected chi connectivity index (χ3v) is 7.16. The predicted octanol–water partition coefficient (Wildman–Crippen LogP) is 6.34. The molecule has 0 amide bonds. The minimum absolute atomic E-state index is 0.00343. The number of ketones is 1. The van der Waals surface area contributed by atoms with Crippen molar-refractivity contribution in [1.82, 2.24) is 9.97 Å². The van der Waals surface area contributed by atoms with Gasteiger partial charge in [-0.05, 0) is 42.8 Å². The van der Waals surface area contributed by atoms with Crippen LogP contribution in [-0.2, 0) is 14.3 Å². The third-order valence-electron chi connectivity index (χ3n) is 7.16. The molecule has 0 aliphatic rings. The number of anilines is 2. The Kier molecular flexibility index (Phi) is 10.6. The van der Waals surface area contributed by atoms with Crippen LogP contribution in [0.4, 0.5) is 11.5 Å². The maximum absolute atomic E-state index is 12.9. The number of carbonyl (C=O) groups excluding carboxylic acids is 2. The van der Waals surface area contributed by atoms with Crippen LogP contribution in [0.15, 0.2) is 97.3 Å². The summed E-state index contributed by atoms with van der Waals surface area (Å²) in [5, 5.41) is 4.01. The van der Waals surface area contributed by atoms with Gasteiger partial charge in [-0.3, -0.25) is 9.59 Å². The number of fused-ring (bicyclic) bond motifs is 1. The van der Waals surface area contributed by atoms with E-state index in [0.29, 0.717) is 51.5 Å². The van der Waals surface area contributed by atoms with Gasteiger partial charge in [0.05, 0.1) is 18.0 Å². The van der Waals surface area contributed by atoms with Crippen LogP contribution in [0.5, 0.6) is 11.5 Å². The Morgan fingerprint density at radius 1 is 0.826 bits per heavy atom. The summed E-state index contributed by atoms with van der Waals surface area (Å²) in [6.45, 7) is 2.49. The lowest BCUT2D eigenvalue weighted by Gasteiger charge is -2.16. The zero-order chi connectivity index (χ0) is 32.3. The second-order valence-corrected chi connectivity index (χ2v) is 10.3. The summed E-state index contributed by atoms with van der Waals surface area (Å²) in [5.74, 6) is 2.96. The number of aromatic nitrogens is 2. The summed E-state index contributed by atoms with van der Waals surface area (Å²) in [5.41, 5.74) is 3.92. The molecular formula is C37H33N3O6. The molecule has 1 unspecified atom stereocenters. The summed E-state index contributed by atoms with van der Waals surface area (Å²) >= 11 is 0. The maximum Gasteiger partial charge on any atom is 0.313 e. The Balaban J connectivity index is 1.25. The van der Waals surface area contributed by atoms with E-state index in [9.17, 15) is 9.59 Å². The van der Waals surface area contributed by atoms with Crippen LogP contribution in [0.1, 0.15) is 39.9 Å². The molecule has 0 bridgehead atoms. The fourth-order valence-corrected chi connectivity index (χ4v) is 4.71. The van der Waals surface area contributed by atoms with Crippen LogP contribution < -0.4 is 14.8 Å². The number of hydrogen-bond acceptors (Lipinski definition) is 9. The van der Waals surface area contributed by atoms with E-state index in [1.54, 1.807) is 62.6 Å².